The molecule has 1 aromatic rings. The van der Waals surface area contributed by atoms with Gasteiger partial charge in [0.2, 0.25) is 0 Å². The summed E-state index contributed by atoms with van der Waals surface area (Å²) >= 11 is 0. The minimum atomic E-state index is -0.518. The largest absolute Gasteiger partial charge is 0.497 e. The number of amides is 1. The van der Waals surface area contributed by atoms with Crippen LogP contribution in [0.2, 0.25) is 0 Å². The second kappa shape index (κ2) is 9.47. The van der Waals surface area contributed by atoms with Gasteiger partial charge in [0, 0.05) is 13.1 Å². The van der Waals surface area contributed by atoms with Gasteiger partial charge in [0.15, 0.2) is 6.10 Å². The van der Waals surface area contributed by atoms with Crippen molar-refractivity contribution in [3.05, 3.63) is 24.3 Å². The van der Waals surface area contributed by atoms with E-state index in [0.717, 1.165) is 12.3 Å². The molecule has 0 aliphatic carbocycles. The molecule has 108 valence electrons. The number of hydrogen-bond acceptors (Lipinski definition) is 4. The van der Waals surface area contributed by atoms with Gasteiger partial charge in [-0.25, -0.2) is 0 Å². The standard InChI is InChI=1S/C13H20N2O3.ClH/c1-10(13(16)15-9-8-14-2)18-12-6-4-11(17-3)5-7-12;/h4-7,10,14H,8-9H2,1-3H3,(H,15,16);1H. The number of nitrogens with one attached hydrogen (secondary N) is 2. The molecular formula is C13H21ClN2O3. The van der Waals surface area contributed by atoms with E-state index in [1.165, 1.54) is 0 Å². The zero-order chi connectivity index (χ0) is 13.4. The molecule has 0 bridgehead atoms. The van der Waals surface area contributed by atoms with Crippen LogP contribution >= 0.6 is 12.4 Å². The highest BCUT2D eigenvalue weighted by molar-refractivity contribution is 5.85. The highest BCUT2D eigenvalue weighted by atomic mass is 35.5. The van der Waals surface area contributed by atoms with Gasteiger partial charge >= 0.3 is 0 Å². The van der Waals surface area contributed by atoms with Crippen LogP contribution in [0.3, 0.4) is 0 Å². The number of likely N-dealkylation sites (N-methyl/N-ethyl adjacent to an activating group) is 1. The summed E-state index contributed by atoms with van der Waals surface area (Å²) in [6.07, 6.45) is -0.518. The second-order valence-electron chi connectivity index (χ2n) is 3.83. The van der Waals surface area contributed by atoms with Gasteiger partial charge in [0.05, 0.1) is 7.11 Å². The maximum Gasteiger partial charge on any atom is 0.260 e. The fourth-order valence-corrected chi connectivity index (χ4v) is 1.37. The lowest BCUT2D eigenvalue weighted by Crippen LogP contribution is -2.39. The average Bonchev–Trinajstić information content (AvgIpc) is 2.39. The van der Waals surface area contributed by atoms with Crippen molar-refractivity contribution in [2.24, 2.45) is 0 Å². The van der Waals surface area contributed by atoms with Crippen LogP contribution in [0.15, 0.2) is 24.3 Å². The molecule has 2 N–H and O–H groups in total. The van der Waals surface area contributed by atoms with Crippen LogP contribution in [0.4, 0.5) is 0 Å². The van der Waals surface area contributed by atoms with Gasteiger partial charge in [-0.2, -0.15) is 0 Å². The minimum Gasteiger partial charge on any atom is -0.497 e. The van der Waals surface area contributed by atoms with E-state index in [1.54, 1.807) is 38.3 Å². The van der Waals surface area contributed by atoms with E-state index in [2.05, 4.69) is 10.6 Å². The normalized spacial score (nSPS) is 11.1. The summed E-state index contributed by atoms with van der Waals surface area (Å²) in [5.74, 6) is 1.28. The van der Waals surface area contributed by atoms with Crippen molar-refractivity contribution in [2.75, 3.05) is 27.2 Å². The van der Waals surface area contributed by atoms with Crippen molar-refractivity contribution >= 4 is 18.3 Å². The van der Waals surface area contributed by atoms with E-state index in [1.807, 2.05) is 7.05 Å². The van der Waals surface area contributed by atoms with Crippen LogP contribution in [0.25, 0.3) is 0 Å². The second-order valence-corrected chi connectivity index (χ2v) is 3.83. The summed E-state index contributed by atoms with van der Waals surface area (Å²) in [6.45, 7) is 3.05. The highest BCUT2D eigenvalue weighted by Gasteiger charge is 2.13. The van der Waals surface area contributed by atoms with E-state index in [9.17, 15) is 4.79 Å². The Hall–Kier alpha value is -1.46. The summed E-state index contributed by atoms with van der Waals surface area (Å²) in [6, 6.07) is 7.13. The van der Waals surface area contributed by atoms with Crippen molar-refractivity contribution in [1.82, 2.24) is 10.6 Å². The first-order chi connectivity index (χ1) is 8.67. The molecule has 0 aliphatic rings. The molecule has 0 radical (unpaired) electrons. The van der Waals surface area contributed by atoms with E-state index in [-0.39, 0.29) is 18.3 Å². The third kappa shape index (κ3) is 6.31. The Balaban J connectivity index is 0.00000324. The van der Waals surface area contributed by atoms with Gasteiger partial charge in [0.1, 0.15) is 11.5 Å². The van der Waals surface area contributed by atoms with E-state index in [4.69, 9.17) is 9.47 Å². The number of ether oxygens (including phenoxy) is 2. The van der Waals surface area contributed by atoms with Crippen LogP contribution in [-0.2, 0) is 4.79 Å². The van der Waals surface area contributed by atoms with Gasteiger partial charge in [-0.05, 0) is 38.2 Å². The summed E-state index contributed by atoms with van der Waals surface area (Å²) in [5, 5.41) is 5.73. The van der Waals surface area contributed by atoms with E-state index < -0.39 is 6.10 Å². The molecule has 0 saturated carbocycles. The van der Waals surface area contributed by atoms with Crippen molar-refractivity contribution < 1.29 is 14.3 Å². The van der Waals surface area contributed by atoms with Crippen molar-refractivity contribution in [3.63, 3.8) is 0 Å². The monoisotopic (exact) mass is 288 g/mol. The van der Waals surface area contributed by atoms with Gasteiger partial charge in [-0.1, -0.05) is 0 Å². The van der Waals surface area contributed by atoms with Crippen LogP contribution in [-0.4, -0.2) is 39.3 Å². The molecule has 0 fully saturated rings. The molecule has 5 nitrogen and oxygen atoms in total. The first-order valence-corrected chi connectivity index (χ1v) is 5.90. The topological polar surface area (TPSA) is 59.6 Å². The number of carbonyl (C=O) groups is 1. The number of methoxy groups -OCH3 is 1. The average molecular weight is 289 g/mol. The fourth-order valence-electron chi connectivity index (χ4n) is 1.37. The summed E-state index contributed by atoms with van der Waals surface area (Å²) in [7, 11) is 3.44. The third-order valence-electron chi connectivity index (χ3n) is 2.42. The van der Waals surface area contributed by atoms with Crippen LogP contribution in [0.5, 0.6) is 11.5 Å². The quantitative estimate of drug-likeness (QED) is 0.741. The predicted molar refractivity (Wildman–Crippen MR) is 77.3 cm³/mol. The van der Waals surface area contributed by atoms with Crippen LogP contribution in [0.1, 0.15) is 6.92 Å². The molecule has 1 amide bonds. The van der Waals surface area contributed by atoms with Gasteiger partial charge in [-0.3, -0.25) is 4.79 Å². The molecule has 1 atom stereocenters. The summed E-state index contributed by atoms with van der Waals surface area (Å²) < 4.78 is 10.6. The maximum atomic E-state index is 11.7. The fraction of sp³-hybridized carbons (Fsp3) is 0.462. The molecule has 6 heteroatoms. The molecule has 0 aromatic heterocycles. The van der Waals surface area contributed by atoms with Gasteiger partial charge in [0.25, 0.3) is 5.91 Å². The Morgan fingerprint density at radius 1 is 1.21 bits per heavy atom. The van der Waals surface area contributed by atoms with Crippen molar-refractivity contribution in [2.45, 2.75) is 13.0 Å². The number of hydrogen-bond donors (Lipinski definition) is 2. The van der Waals surface area contributed by atoms with Crippen molar-refractivity contribution in [3.8, 4) is 11.5 Å². The Bertz CT molecular complexity index is 371. The molecule has 1 rings (SSSR count). The third-order valence-corrected chi connectivity index (χ3v) is 2.42. The molecule has 0 spiro atoms. The molecule has 0 heterocycles. The maximum absolute atomic E-state index is 11.7. The lowest BCUT2D eigenvalue weighted by molar-refractivity contribution is -0.127. The molecule has 0 aliphatic heterocycles. The number of halogens is 1. The number of rotatable bonds is 7. The smallest absolute Gasteiger partial charge is 0.260 e. The Kier molecular flexibility index (Phi) is 8.74. The van der Waals surface area contributed by atoms with Crippen LogP contribution in [0, 0.1) is 0 Å². The molecule has 19 heavy (non-hydrogen) atoms. The Labute approximate surface area is 120 Å². The molecule has 0 saturated heterocycles. The van der Waals surface area contributed by atoms with E-state index >= 15 is 0 Å². The predicted octanol–water partition coefficient (Wildman–Crippen LogP) is 1.22. The highest BCUT2D eigenvalue weighted by Crippen LogP contribution is 2.18. The number of benzene rings is 1. The molecular weight excluding hydrogens is 268 g/mol. The van der Waals surface area contributed by atoms with Crippen LogP contribution < -0.4 is 20.1 Å². The molecule has 1 unspecified atom stereocenters. The van der Waals surface area contributed by atoms with Gasteiger partial charge in [-0.15, -0.1) is 12.4 Å². The lowest BCUT2D eigenvalue weighted by Gasteiger charge is -2.14. The summed E-state index contributed by atoms with van der Waals surface area (Å²) in [5.41, 5.74) is 0. The molecule has 1 aromatic carbocycles. The van der Waals surface area contributed by atoms with Crippen molar-refractivity contribution in [1.29, 1.82) is 0 Å². The first kappa shape index (κ1) is 17.5. The first-order valence-electron chi connectivity index (χ1n) is 5.90. The Morgan fingerprint density at radius 2 is 1.79 bits per heavy atom. The van der Waals surface area contributed by atoms with Gasteiger partial charge < -0.3 is 20.1 Å². The Morgan fingerprint density at radius 3 is 2.32 bits per heavy atom. The SMILES string of the molecule is CNCCNC(=O)C(C)Oc1ccc(OC)cc1.Cl. The van der Waals surface area contributed by atoms with E-state index in [0.29, 0.717) is 12.3 Å². The number of carbonyl (C=O) groups excluding carboxylic acids is 1. The zero-order valence-electron chi connectivity index (χ0n) is 11.4. The zero-order valence-corrected chi connectivity index (χ0v) is 12.3. The summed E-state index contributed by atoms with van der Waals surface area (Å²) in [4.78, 5) is 11.7. The minimum absolute atomic E-state index is 0. The lowest BCUT2D eigenvalue weighted by atomic mass is 10.3.